The molecule has 3 aliphatic rings. The molecule has 0 spiro atoms. The van der Waals surface area contributed by atoms with Crippen LogP contribution in [0.1, 0.15) is 40.2 Å². The molecule has 5 rings (SSSR count). The molecule has 2 N–H and O–H groups in total. The Kier molecular flexibility index (Phi) is 4.88. The van der Waals surface area contributed by atoms with Crippen molar-refractivity contribution >= 4 is 29.4 Å². The summed E-state index contributed by atoms with van der Waals surface area (Å²) in [7, 11) is 0. The fourth-order valence-corrected chi connectivity index (χ4v) is 4.47. The minimum Gasteiger partial charge on any atom is -0.323 e. The number of carbonyl (C=O) groups is 4. The Bertz CT molecular complexity index is 1140. The Hall–Kier alpha value is -3.75. The Morgan fingerprint density at radius 2 is 1.91 bits per heavy atom. The molecule has 0 radical (unpaired) electrons. The highest BCUT2D eigenvalue weighted by molar-refractivity contribution is 6.05. The smallest absolute Gasteiger partial charge is 0.321 e. The number of piperidine rings is 1. The van der Waals surface area contributed by atoms with Gasteiger partial charge in [0.05, 0.1) is 0 Å². The summed E-state index contributed by atoms with van der Waals surface area (Å²) in [5, 5.41) is 5.12. The van der Waals surface area contributed by atoms with Gasteiger partial charge in [0.1, 0.15) is 11.9 Å². The minimum atomic E-state index is -0.675. The molecule has 3 aliphatic heterocycles. The maximum absolute atomic E-state index is 13.4. The van der Waals surface area contributed by atoms with Gasteiger partial charge in [-0.05, 0) is 47.9 Å². The van der Waals surface area contributed by atoms with Gasteiger partial charge in [-0.15, -0.1) is 0 Å². The second kappa shape index (κ2) is 7.74. The van der Waals surface area contributed by atoms with Gasteiger partial charge in [0.15, 0.2) is 0 Å². The number of nitrogens with one attached hydrogen (secondary N) is 2. The summed E-state index contributed by atoms with van der Waals surface area (Å²) >= 11 is 0. The lowest BCUT2D eigenvalue weighted by Gasteiger charge is -2.39. The third kappa shape index (κ3) is 3.59. The summed E-state index contributed by atoms with van der Waals surface area (Å²) in [6.45, 7) is 1.25. The van der Waals surface area contributed by atoms with Crippen LogP contribution in [0.4, 0.5) is 14.9 Å². The highest BCUT2D eigenvalue weighted by atomic mass is 19.1. The van der Waals surface area contributed by atoms with E-state index in [-0.39, 0.29) is 42.5 Å². The van der Waals surface area contributed by atoms with Crippen molar-refractivity contribution in [3.8, 4) is 0 Å². The predicted molar refractivity (Wildman–Crippen MR) is 112 cm³/mol. The number of benzene rings is 2. The Morgan fingerprint density at radius 1 is 1.09 bits per heavy atom. The van der Waals surface area contributed by atoms with Crippen LogP contribution in [-0.4, -0.2) is 52.7 Å². The first-order valence-corrected chi connectivity index (χ1v) is 10.5. The average molecular weight is 436 g/mol. The molecule has 1 unspecified atom stereocenters. The first kappa shape index (κ1) is 20.2. The van der Waals surface area contributed by atoms with Crippen molar-refractivity contribution in [2.75, 3.05) is 18.4 Å². The Labute approximate surface area is 183 Å². The molecule has 0 saturated carbocycles. The molecule has 2 aromatic carbocycles. The minimum absolute atomic E-state index is 0.108. The van der Waals surface area contributed by atoms with Crippen molar-refractivity contribution < 1.29 is 23.6 Å². The summed E-state index contributed by atoms with van der Waals surface area (Å²) < 4.78 is 13.4. The summed E-state index contributed by atoms with van der Waals surface area (Å²) in [5.41, 5.74) is 2.64. The van der Waals surface area contributed by atoms with Crippen LogP contribution in [0.5, 0.6) is 0 Å². The van der Waals surface area contributed by atoms with Crippen LogP contribution in [-0.2, 0) is 16.1 Å². The normalized spacial score (nSPS) is 20.7. The number of imide groups is 1. The van der Waals surface area contributed by atoms with Gasteiger partial charge in [-0.1, -0.05) is 12.1 Å². The molecule has 0 bridgehead atoms. The molecule has 0 aliphatic carbocycles. The summed E-state index contributed by atoms with van der Waals surface area (Å²) in [6, 6.07) is 10.5. The Morgan fingerprint density at radius 3 is 2.66 bits per heavy atom. The van der Waals surface area contributed by atoms with Crippen molar-refractivity contribution in [1.29, 1.82) is 0 Å². The second-order valence-corrected chi connectivity index (χ2v) is 8.36. The molecule has 164 valence electrons. The molecular formula is C23H21FN4O4. The first-order chi connectivity index (χ1) is 15.4. The van der Waals surface area contributed by atoms with Crippen LogP contribution < -0.4 is 10.6 Å². The number of halogens is 1. The fourth-order valence-electron chi connectivity index (χ4n) is 4.47. The molecule has 2 saturated heterocycles. The van der Waals surface area contributed by atoms with Crippen molar-refractivity contribution in [2.24, 2.45) is 0 Å². The predicted octanol–water partition coefficient (Wildman–Crippen LogP) is 2.22. The van der Waals surface area contributed by atoms with Crippen LogP contribution in [0, 0.1) is 5.82 Å². The standard InChI is InChI=1S/C23H21FN4O4/c24-16-3-1-2-13(8-16)15-10-27(11-15)23(32)25-17-4-5-18-14(9-17)12-28(22(18)31)19-6-7-20(29)26-21(19)30/h1-5,8-9,15,19H,6-7,10-12H2,(H,25,32)(H,26,29,30). The maximum atomic E-state index is 13.4. The van der Waals surface area contributed by atoms with Crippen molar-refractivity contribution in [1.82, 2.24) is 15.1 Å². The monoisotopic (exact) mass is 436 g/mol. The molecular weight excluding hydrogens is 415 g/mol. The summed E-state index contributed by atoms with van der Waals surface area (Å²) in [4.78, 5) is 52.0. The summed E-state index contributed by atoms with van der Waals surface area (Å²) in [6.07, 6.45) is 0.500. The third-order valence-corrected chi connectivity index (χ3v) is 6.26. The lowest BCUT2D eigenvalue weighted by molar-refractivity contribution is -0.136. The van der Waals surface area contributed by atoms with Gasteiger partial charge >= 0.3 is 6.03 Å². The number of rotatable bonds is 3. The maximum Gasteiger partial charge on any atom is 0.321 e. The zero-order chi connectivity index (χ0) is 22.4. The number of nitrogens with zero attached hydrogens (tertiary/aromatic N) is 2. The quantitative estimate of drug-likeness (QED) is 0.721. The molecule has 2 aromatic rings. The number of carbonyl (C=O) groups excluding carboxylic acids is 4. The van der Waals surface area contributed by atoms with E-state index < -0.39 is 11.9 Å². The zero-order valence-corrected chi connectivity index (χ0v) is 17.1. The van der Waals surface area contributed by atoms with E-state index in [0.717, 1.165) is 11.1 Å². The largest absolute Gasteiger partial charge is 0.323 e. The molecule has 8 nitrogen and oxygen atoms in total. The van der Waals surface area contributed by atoms with Gasteiger partial charge in [-0.25, -0.2) is 9.18 Å². The number of anilines is 1. The average Bonchev–Trinajstić information content (AvgIpc) is 3.03. The highest BCUT2D eigenvalue weighted by Gasteiger charge is 2.39. The van der Waals surface area contributed by atoms with Crippen LogP contribution in [0.3, 0.4) is 0 Å². The second-order valence-electron chi connectivity index (χ2n) is 8.36. The molecule has 9 heteroatoms. The third-order valence-electron chi connectivity index (χ3n) is 6.26. The van der Waals surface area contributed by atoms with E-state index in [9.17, 15) is 23.6 Å². The topological polar surface area (TPSA) is 98.8 Å². The SMILES string of the molecule is O=C1CCC(N2Cc3cc(NC(=O)N4CC(c5cccc(F)c5)C4)ccc3C2=O)C(=O)N1. The number of hydrogen-bond acceptors (Lipinski definition) is 4. The van der Waals surface area contributed by atoms with E-state index in [2.05, 4.69) is 10.6 Å². The number of urea groups is 1. The van der Waals surface area contributed by atoms with Crippen molar-refractivity contribution in [3.05, 3.63) is 65.0 Å². The van der Waals surface area contributed by atoms with Crippen LogP contribution in [0.25, 0.3) is 0 Å². The first-order valence-electron chi connectivity index (χ1n) is 10.5. The zero-order valence-electron chi connectivity index (χ0n) is 17.1. The van der Waals surface area contributed by atoms with Gasteiger partial charge in [0.2, 0.25) is 11.8 Å². The highest BCUT2D eigenvalue weighted by Crippen LogP contribution is 2.31. The number of likely N-dealkylation sites (tertiary alicyclic amines) is 1. The van der Waals surface area contributed by atoms with Gasteiger partial charge in [-0.2, -0.15) is 0 Å². The number of hydrogen-bond donors (Lipinski definition) is 2. The molecule has 3 heterocycles. The number of fused-ring (bicyclic) bond motifs is 1. The van der Waals surface area contributed by atoms with Gasteiger partial charge in [-0.3, -0.25) is 19.7 Å². The van der Waals surface area contributed by atoms with Gasteiger partial charge in [0, 0.05) is 43.2 Å². The lowest BCUT2D eigenvalue weighted by Crippen LogP contribution is -2.52. The van der Waals surface area contributed by atoms with E-state index in [4.69, 9.17) is 0 Å². The fraction of sp³-hybridized carbons (Fsp3) is 0.304. The molecule has 32 heavy (non-hydrogen) atoms. The lowest BCUT2D eigenvalue weighted by atomic mass is 9.92. The van der Waals surface area contributed by atoms with Crippen LogP contribution in [0.15, 0.2) is 42.5 Å². The van der Waals surface area contributed by atoms with E-state index in [1.54, 1.807) is 29.2 Å². The molecule has 2 fully saturated rings. The van der Waals surface area contributed by atoms with Crippen LogP contribution >= 0.6 is 0 Å². The van der Waals surface area contributed by atoms with E-state index in [0.29, 0.717) is 30.8 Å². The van der Waals surface area contributed by atoms with E-state index in [1.807, 2.05) is 6.07 Å². The van der Waals surface area contributed by atoms with Crippen LogP contribution in [0.2, 0.25) is 0 Å². The van der Waals surface area contributed by atoms with Gasteiger partial charge < -0.3 is 15.1 Å². The van der Waals surface area contributed by atoms with E-state index in [1.165, 1.54) is 17.0 Å². The molecule has 0 aromatic heterocycles. The van der Waals surface area contributed by atoms with Crippen molar-refractivity contribution in [3.63, 3.8) is 0 Å². The Balaban J connectivity index is 1.22. The van der Waals surface area contributed by atoms with Crippen molar-refractivity contribution in [2.45, 2.75) is 31.3 Å². The number of amides is 5. The van der Waals surface area contributed by atoms with E-state index >= 15 is 0 Å². The summed E-state index contributed by atoms with van der Waals surface area (Å²) in [5.74, 6) is -1.22. The molecule has 1 atom stereocenters. The molecule has 5 amide bonds. The van der Waals surface area contributed by atoms with Gasteiger partial charge in [0.25, 0.3) is 5.91 Å².